The third-order valence-electron chi connectivity index (χ3n) is 14.0. The molecule has 6 aliphatic rings. The fourth-order valence-electron chi connectivity index (χ4n) is 9.72. The Labute approximate surface area is 352 Å². The molecule has 15 nitrogen and oxygen atoms in total. The summed E-state index contributed by atoms with van der Waals surface area (Å²) in [6, 6.07) is 1.91. The number of alkyl halides is 2. The van der Waals surface area contributed by atoms with E-state index in [9.17, 15) is 41.2 Å². The van der Waals surface area contributed by atoms with E-state index < -0.39 is 92.4 Å². The number of hydrogen-bond acceptors (Lipinski definition) is 10. The van der Waals surface area contributed by atoms with Crippen LogP contribution < -0.4 is 25.7 Å². The summed E-state index contributed by atoms with van der Waals surface area (Å²) < 4.78 is 69.5. The van der Waals surface area contributed by atoms with Crippen molar-refractivity contribution < 1.29 is 45.9 Å². The van der Waals surface area contributed by atoms with E-state index in [4.69, 9.17) is 26.1 Å². The first-order valence-corrected chi connectivity index (χ1v) is 22.8. The maximum atomic E-state index is 14.9. The van der Waals surface area contributed by atoms with E-state index >= 15 is 0 Å². The molecular formula is C41H53ClF2N6O9S. The average molecular weight is 879 g/mol. The molecule has 10 atom stereocenters. The summed E-state index contributed by atoms with van der Waals surface area (Å²) in [5.74, 6) is -4.54. The third kappa shape index (κ3) is 7.72. The summed E-state index contributed by atoms with van der Waals surface area (Å²) in [6.45, 7) is 8.21. The predicted molar refractivity (Wildman–Crippen MR) is 215 cm³/mol. The molecule has 328 valence electrons. The average Bonchev–Trinajstić information content (AvgIpc) is 4.11. The number of sulfonamides is 1. The lowest BCUT2D eigenvalue weighted by molar-refractivity contribution is -0.143. The van der Waals surface area contributed by atoms with Crippen LogP contribution in [-0.2, 0) is 35.7 Å². The van der Waals surface area contributed by atoms with Crippen LogP contribution in [0.1, 0.15) is 92.4 Å². The van der Waals surface area contributed by atoms with Gasteiger partial charge in [-0.25, -0.2) is 22.0 Å². The van der Waals surface area contributed by atoms with Crippen LogP contribution in [0.15, 0.2) is 23.0 Å². The second-order valence-electron chi connectivity index (χ2n) is 19.2. The van der Waals surface area contributed by atoms with Gasteiger partial charge < -0.3 is 25.0 Å². The molecule has 2 aliphatic heterocycles. The van der Waals surface area contributed by atoms with Crippen molar-refractivity contribution in [2.24, 2.45) is 35.0 Å². The van der Waals surface area contributed by atoms with Crippen molar-refractivity contribution in [3.8, 4) is 6.01 Å². The minimum atomic E-state index is -4.27. The Bertz CT molecular complexity index is 2280. The van der Waals surface area contributed by atoms with Gasteiger partial charge in [-0.05, 0) is 93.2 Å². The van der Waals surface area contributed by atoms with E-state index in [1.165, 1.54) is 22.5 Å². The Hall–Kier alpha value is -4.06. The number of amides is 4. The fraction of sp³-hybridized carbons (Fsp3) is 0.707. The molecule has 3 N–H and O–H groups in total. The molecule has 1 aromatic carbocycles. The lowest BCUT2D eigenvalue weighted by Gasteiger charge is -2.36. The Morgan fingerprint density at radius 2 is 1.78 bits per heavy atom. The first-order valence-electron chi connectivity index (χ1n) is 21.0. The lowest BCUT2D eigenvalue weighted by atomic mass is 9.85. The molecule has 3 heterocycles. The number of aromatic nitrogens is 2. The Morgan fingerprint density at radius 3 is 2.45 bits per heavy atom. The minimum absolute atomic E-state index is 0.0680. The van der Waals surface area contributed by atoms with Crippen molar-refractivity contribution in [1.29, 1.82) is 0 Å². The number of nitrogens with zero attached hydrogens (tertiary/aromatic N) is 3. The van der Waals surface area contributed by atoms with Crippen LogP contribution >= 0.6 is 11.6 Å². The number of nitrogens with one attached hydrogen (secondary N) is 3. The SMILES string of the molecule is C[C@@H]1[C@@H]2CN(C(=O)[C@H](C(C)(C)C)NC(=O)O[C@@H]3C[C@@H]4C[C@@H]4[C@H]3CCCCCn3c(nc4cc(Cl)ccc4c3=O)O2)[C@@H]1C(=O)N[C@]1(C(=O)NS(=O)(=O)C2(C)CC2)C[C@H]1C(F)F. The Kier molecular flexibility index (Phi) is 10.7. The quantitative estimate of drug-likeness (QED) is 0.372. The van der Waals surface area contributed by atoms with Crippen molar-refractivity contribution in [3.05, 3.63) is 33.6 Å². The van der Waals surface area contributed by atoms with Gasteiger partial charge >= 0.3 is 6.09 Å². The lowest BCUT2D eigenvalue weighted by Crippen LogP contribution is -2.61. The zero-order valence-corrected chi connectivity index (χ0v) is 35.9. The zero-order valence-electron chi connectivity index (χ0n) is 34.3. The molecule has 4 amide bonds. The van der Waals surface area contributed by atoms with Gasteiger partial charge in [-0.1, -0.05) is 52.1 Å². The molecule has 0 unspecified atom stereocenters. The molecule has 0 spiro atoms. The van der Waals surface area contributed by atoms with Crippen molar-refractivity contribution in [1.82, 2.24) is 29.8 Å². The van der Waals surface area contributed by atoms with Gasteiger partial charge in [-0.3, -0.25) is 28.5 Å². The number of rotatable bonds is 6. The first kappa shape index (κ1) is 42.6. The maximum Gasteiger partial charge on any atom is 0.408 e. The molecule has 4 aliphatic carbocycles. The molecule has 1 aromatic heterocycles. The van der Waals surface area contributed by atoms with Gasteiger partial charge in [0.1, 0.15) is 29.8 Å². The highest BCUT2D eigenvalue weighted by Gasteiger charge is 2.68. The van der Waals surface area contributed by atoms with Crippen molar-refractivity contribution in [2.75, 3.05) is 6.54 Å². The highest BCUT2D eigenvalue weighted by atomic mass is 35.5. The number of alkyl carbamates (subject to hydrolysis) is 1. The van der Waals surface area contributed by atoms with Gasteiger partial charge in [0.15, 0.2) is 0 Å². The second-order valence-corrected chi connectivity index (χ2v) is 21.9. The summed E-state index contributed by atoms with van der Waals surface area (Å²) in [5, 5.41) is 5.89. The smallest absolute Gasteiger partial charge is 0.408 e. The van der Waals surface area contributed by atoms with Gasteiger partial charge in [-0.2, -0.15) is 4.98 Å². The Balaban J connectivity index is 1.16. The van der Waals surface area contributed by atoms with E-state index in [0.717, 1.165) is 32.1 Å². The van der Waals surface area contributed by atoms with Crippen LogP contribution in [0, 0.1) is 35.0 Å². The van der Waals surface area contributed by atoms with Crippen molar-refractivity contribution >= 4 is 56.3 Å². The monoisotopic (exact) mass is 878 g/mol. The molecular weight excluding hydrogens is 826 g/mol. The standard InChI is InChI=1S/C41H53ClF2N6O9S/c1-20-29-19-50(30(20)33(51)47-41(18-26(41)32(43)44)36(54)48-60(56,57)40(5)12-13-40)35(53)31(39(2,3)4)46-38(55)59-28-16-21-15-25(21)23(28)9-7-6-8-14-49-34(52)24-11-10-22(42)17-27(24)45-37(49)58-29/h10-11,17,20-21,23,25-26,28-32H,6-9,12-16,18-19H2,1-5H3,(H,46,55)(H,47,51)(H,48,54)/t20-,21+,23-,25+,26+,28-,29+,30+,31-,41-/m1/s1. The Morgan fingerprint density at radius 1 is 1.05 bits per heavy atom. The molecule has 19 heteroatoms. The van der Waals surface area contributed by atoms with Crippen LogP contribution in [0.25, 0.3) is 10.9 Å². The topological polar surface area (TPSA) is 195 Å². The number of fused-ring (bicyclic) bond motifs is 7. The summed E-state index contributed by atoms with van der Waals surface area (Å²) in [6.07, 6.45) is -0.392. The zero-order chi connectivity index (χ0) is 43.3. The van der Waals surface area contributed by atoms with E-state index in [1.807, 2.05) is 4.72 Å². The van der Waals surface area contributed by atoms with Gasteiger partial charge in [0, 0.05) is 17.5 Å². The van der Waals surface area contributed by atoms with Crippen molar-refractivity contribution in [2.45, 2.75) is 140 Å². The van der Waals surface area contributed by atoms with Gasteiger partial charge in [0.05, 0.1) is 28.1 Å². The minimum Gasteiger partial charge on any atom is -0.459 e. The highest BCUT2D eigenvalue weighted by molar-refractivity contribution is 7.91. The van der Waals surface area contributed by atoms with E-state index in [2.05, 4.69) is 10.6 Å². The van der Waals surface area contributed by atoms with Gasteiger partial charge in [0.25, 0.3) is 17.5 Å². The molecule has 0 radical (unpaired) electrons. The van der Waals surface area contributed by atoms with E-state index in [1.54, 1.807) is 39.8 Å². The molecule has 4 saturated carbocycles. The molecule has 8 rings (SSSR count). The third-order valence-corrected chi connectivity index (χ3v) is 16.4. The van der Waals surface area contributed by atoms with E-state index in [-0.39, 0.29) is 55.0 Å². The van der Waals surface area contributed by atoms with Crippen LogP contribution in [0.2, 0.25) is 5.02 Å². The number of benzene rings is 1. The summed E-state index contributed by atoms with van der Waals surface area (Å²) in [7, 11) is -4.27. The van der Waals surface area contributed by atoms with Crippen LogP contribution in [-0.4, -0.2) is 94.2 Å². The number of carbonyl (C=O) groups is 4. The van der Waals surface area contributed by atoms with Crippen LogP contribution in [0.4, 0.5) is 13.6 Å². The van der Waals surface area contributed by atoms with E-state index in [0.29, 0.717) is 28.7 Å². The number of ether oxygens (including phenoxy) is 2. The fourth-order valence-corrected chi connectivity index (χ4v) is 11.2. The largest absolute Gasteiger partial charge is 0.459 e. The molecule has 2 bridgehead atoms. The molecule has 1 saturated heterocycles. The van der Waals surface area contributed by atoms with Crippen LogP contribution in [0.5, 0.6) is 6.01 Å². The molecule has 2 aromatic rings. The maximum absolute atomic E-state index is 14.9. The number of hydrogen-bond donors (Lipinski definition) is 3. The number of carbonyl (C=O) groups excluding carboxylic acids is 4. The molecule has 60 heavy (non-hydrogen) atoms. The second kappa shape index (κ2) is 15.1. The van der Waals surface area contributed by atoms with Gasteiger partial charge in [0.2, 0.25) is 28.3 Å². The molecule has 5 fully saturated rings. The normalized spacial score (nSPS) is 33.9. The first-order chi connectivity index (χ1) is 28.1. The van der Waals surface area contributed by atoms with Crippen LogP contribution in [0.3, 0.4) is 0 Å². The highest BCUT2D eigenvalue weighted by Crippen LogP contribution is 2.58. The van der Waals surface area contributed by atoms with Crippen molar-refractivity contribution in [3.63, 3.8) is 0 Å². The predicted octanol–water partition coefficient (Wildman–Crippen LogP) is 4.52. The summed E-state index contributed by atoms with van der Waals surface area (Å²) in [5.41, 5.74) is -3.33. The number of halogens is 3. The van der Waals surface area contributed by atoms with Gasteiger partial charge in [-0.15, -0.1) is 0 Å². The summed E-state index contributed by atoms with van der Waals surface area (Å²) >= 11 is 6.30. The summed E-state index contributed by atoms with van der Waals surface area (Å²) in [4.78, 5) is 76.8.